The van der Waals surface area contributed by atoms with Gasteiger partial charge in [-0.25, -0.2) is 4.98 Å². The van der Waals surface area contributed by atoms with Gasteiger partial charge in [0.05, 0.1) is 6.10 Å². The Morgan fingerprint density at radius 1 is 1.73 bits per heavy atom. The molecule has 2 nitrogen and oxygen atoms in total. The van der Waals surface area contributed by atoms with Crippen molar-refractivity contribution in [2.45, 2.75) is 19.4 Å². The van der Waals surface area contributed by atoms with Crippen LogP contribution >= 0.6 is 0 Å². The molecule has 0 spiro atoms. The molecule has 0 fully saturated rings. The minimum absolute atomic E-state index is 0.273. The molecule has 0 radical (unpaired) electrons. The molecule has 0 unspecified atom stereocenters. The summed E-state index contributed by atoms with van der Waals surface area (Å²) < 4.78 is 12.8. The summed E-state index contributed by atoms with van der Waals surface area (Å²) in [6, 6.07) is 3.15. The van der Waals surface area contributed by atoms with E-state index in [4.69, 9.17) is 0 Å². The molecular formula is C8H10FNO. The molecule has 0 amide bonds. The zero-order chi connectivity index (χ0) is 8.27. The summed E-state index contributed by atoms with van der Waals surface area (Å²) in [5.41, 5.74) is 0.273. The van der Waals surface area contributed by atoms with Gasteiger partial charge in [-0.05, 0) is 12.5 Å². The quantitative estimate of drug-likeness (QED) is 0.659. The van der Waals surface area contributed by atoms with E-state index in [1.165, 1.54) is 12.3 Å². The average Bonchev–Trinajstić information content (AvgIpc) is 2.04. The number of aliphatic hydroxyl groups excluding tert-OH is 1. The molecule has 0 aliphatic rings. The summed E-state index contributed by atoms with van der Waals surface area (Å²) in [6.45, 7) is 1.79. The first-order valence-electron chi connectivity index (χ1n) is 3.54. The summed E-state index contributed by atoms with van der Waals surface area (Å²) in [5.74, 6) is -0.582. The summed E-state index contributed by atoms with van der Waals surface area (Å²) in [4.78, 5) is 3.42. The Hall–Kier alpha value is -0.960. The van der Waals surface area contributed by atoms with Gasteiger partial charge >= 0.3 is 0 Å². The lowest BCUT2D eigenvalue weighted by molar-refractivity contribution is 0.168. The molecule has 1 heterocycles. The second kappa shape index (κ2) is 3.44. The number of aliphatic hydroxyl groups is 1. The van der Waals surface area contributed by atoms with Crippen LogP contribution in [-0.4, -0.2) is 10.1 Å². The molecule has 0 saturated heterocycles. The van der Waals surface area contributed by atoms with E-state index in [2.05, 4.69) is 4.98 Å². The van der Waals surface area contributed by atoms with E-state index in [0.717, 1.165) is 0 Å². The number of rotatable bonds is 2. The fraction of sp³-hybridized carbons (Fsp3) is 0.375. The molecule has 0 aromatic carbocycles. The van der Waals surface area contributed by atoms with Gasteiger partial charge in [-0.3, -0.25) is 0 Å². The normalized spacial score (nSPS) is 13.0. The fourth-order valence-corrected chi connectivity index (χ4v) is 0.867. The number of hydrogen-bond acceptors (Lipinski definition) is 2. The highest BCUT2D eigenvalue weighted by molar-refractivity contribution is 5.13. The first-order chi connectivity index (χ1) is 5.25. The van der Waals surface area contributed by atoms with Gasteiger partial charge in [0.2, 0.25) is 5.95 Å². The third kappa shape index (κ3) is 1.74. The number of pyridine rings is 1. The molecule has 1 atom stereocenters. The monoisotopic (exact) mass is 155 g/mol. The first-order valence-corrected chi connectivity index (χ1v) is 3.54. The Morgan fingerprint density at radius 3 is 3.00 bits per heavy atom. The van der Waals surface area contributed by atoms with Crippen LogP contribution in [0.2, 0.25) is 0 Å². The van der Waals surface area contributed by atoms with Crippen LogP contribution < -0.4 is 0 Å². The van der Waals surface area contributed by atoms with Crippen molar-refractivity contribution in [1.29, 1.82) is 0 Å². The van der Waals surface area contributed by atoms with Crippen molar-refractivity contribution in [3.8, 4) is 0 Å². The summed E-state index contributed by atoms with van der Waals surface area (Å²) in [6.07, 6.45) is 1.13. The minimum Gasteiger partial charge on any atom is -0.388 e. The van der Waals surface area contributed by atoms with Gasteiger partial charge in [0, 0.05) is 11.8 Å². The number of aromatic nitrogens is 1. The minimum atomic E-state index is -0.733. The smallest absolute Gasteiger partial charge is 0.218 e. The summed E-state index contributed by atoms with van der Waals surface area (Å²) >= 11 is 0. The van der Waals surface area contributed by atoms with Crippen molar-refractivity contribution in [3.63, 3.8) is 0 Å². The van der Waals surface area contributed by atoms with Crippen LogP contribution in [0.3, 0.4) is 0 Å². The second-order valence-corrected chi connectivity index (χ2v) is 2.31. The van der Waals surface area contributed by atoms with Crippen molar-refractivity contribution >= 4 is 0 Å². The van der Waals surface area contributed by atoms with Crippen LogP contribution in [0, 0.1) is 5.95 Å². The van der Waals surface area contributed by atoms with Crippen molar-refractivity contribution in [2.75, 3.05) is 0 Å². The van der Waals surface area contributed by atoms with Crippen molar-refractivity contribution in [3.05, 3.63) is 29.8 Å². The van der Waals surface area contributed by atoms with Gasteiger partial charge in [-0.1, -0.05) is 13.0 Å². The van der Waals surface area contributed by atoms with E-state index in [9.17, 15) is 9.50 Å². The Morgan fingerprint density at radius 2 is 2.45 bits per heavy atom. The zero-order valence-corrected chi connectivity index (χ0v) is 6.29. The number of nitrogens with zero attached hydrogens (tertiary/aromatic N) is 1. The van der Waals surface area contributed by atoms with E-state index in [-0.39, 0.29) is 5.56 Å². The maximum absolute atomic E-state index is 12.8. The topological polar surface area (TPSA) is 33.1 Å². The predicted octanol–water partition coefficient (Wildman–Crippen LogP) is 1.66. The van der Waals surface area contributed by atoms with Gasteiger partial charge < -0.3 is 5.11 Å². The highest BCUT2D eigenvalue weighted by atomic mass is 19.1. The molecule has 0 saturated carbocycles. The Kier molecular flexibility index (Phi) is 2.54. The predicted molar refractivity (Wildman–Crippen MR) is 39.4 cm³/mol. The molecule has 1 N–H and O–H groups in total. The van der Waals surface area contributed by atoms with E-state index in [1.54, 1.807) is 13.0 Å². The lowest BCUT2D eigenvalue weighted by Gasteiger charge is -2.06. The molecular weight excluding hydrogens is 145 g/mol. The standard InChI is InChI=1S/C8H10FNO/c1-2-7(11)6-4-3-5-10-8(6)9/h3-5,7,11H,2H2,1H3/t7-/m1/s1. The summed E-state index contributed by atoms with van der Waals surface area (Å²) in [7, 11) is 0. The molecule has 11 heavy (non-hydrogen) atoms. The lowest BCUT2D eigenvalue weighted by Crippen LogP contribution is -1.99. The van der Waals surface area contributed by atoms with Crippen molar-refractivity contribution in [1.82, 2.24) is 4.98 Å². The highest BCUT2D eigenvalue weighted by Gasteiger charge is 2.09. The zero-order valence-electron chi connectivity index (χ0n) is 6.29. The van der Waals surface area contributed by atoms with Crippen LogP contribution in [0.25, 0.3) is 0 Å². The van der Waals surface area contributed by atoms with Crippen LogP contribution in [-0.2, 0) is 0 Å². The molecule has 0 aliphatic carbocycles. The Balaban J connectivity index is 2.93. The van der Waals surface area contributed by atoms with Crippen LogP contribution in [0.5, 0.6) is 0 Å². The number of hydrogen-bond donors (Lipinski definition) is 1. The van der Waals surface area contributed by atoms with Crippen LogP contribution in [0.4, 0.5) is 4.39 Å². The van der Waals surface area contributed by atoms with E-state index < -0.39 is 12.1 Å². The third-order valence-corrected chi connectivity index (χ3v) is 1.53. The molecule has 1 aromatic rings. The van der Waals surface area contributed by atoms with Crippen molar-refractivity contribution < 1.29 is 9.50 Å². The molecule has 0 bridgehead atoms. The maximum Gasteiger partial charge on any atom is 0.218 e. The van der Waals surface area contributed by atoms with E-state index in [0.29, 0.717) is 6.42 Å². The number of halogens is 1. The van der Waals surface area contributed by atoms with Crippen molar-refractivity contribution in [2.24, 2.45) is 0 Å². The van der Waals surface area contributed by atoms with Gasteiger partial charge in [0.15, 0.2) is 0 Å². The van der Waals surface area contributed by atoms with E-state index in [1.807, 2.05) is 0 Å². The molecule has 1 aromatic heterocycles. The maximum atomic E-state index is 12.8. The summed E-state index contributed by atoms with van der Waals surface area (Å²) in [5, 5.41) is 9.23. The first kappa shape index (κ1) is 8.14. The van der Waals surface area contributed by atoms with Gasteiger partial charge in [0.1, 0.15) is 0 Å². The Labute approximate surface area is 64.7 Å². The van der Waals surface area contributed by atoms with Gasteiger partial charge in [0.25, 0.3) is 0 Å². The van der Waals surface area contributed by atoms with Crippen LogP contribution in [0.15, 0.2) is 18.3 Å². The van der Waals surface area contributed by atoms with Gasteiger partial charge in [-0.15, -0.1) is 0 Å². The third-order valence-electron chi connectivity index (χ3n) is 1.53. The molecule has 3 heteroatoms. The lowest BCUT2D eigenvalue weighted by atomic mass is 10.1. The van der Waals surface area contributed by atoms with Crippen LogP contribution in [0.1, 0.15) is 25.0 Å². The second-order valence-electron chi connectivity index (χ2n) is 2.31. The SMILES string of the molecule is CC[C@@H](O)c1cccnc1F. The highest BCUT2D eigenvalue weighted by Crippen LogP contribution is 2.16. The molecule has 0 aliphatic heterocycles. The molecule has 60 valence electrons. The average molecular weight is 155 g/mol. The van der Waals surface area contributed by atoms with E-state index >= 15 is 0 Å². The largest absolute Gasteiger partial charge is 0.388 e. The van der Waals surface area contributed by atoms with Gasteiger partial charge in [-0.2, -0.15) is 4.39 Å². The fourth-order valence-electron chi connectivity index (χ4n) is 0.867. The Bertz CT molecular complexity index is 239. The molecule has 1 rings (SSSR count).